The van der Waals surface area contributed by atoms with Gasteiger partial charge in [0.25, 0.3) is 0 Å². The summed E-state index contributed by atoms with van der Waals surface area (Å²) in [7, 11) is 1.88. The summed E-state index contributed by atoms with van der Waals surface area (Å²) in [5, 5.41) is 3.40. The van der Waals surface area contributed by atoms with Crippen LogP contribution < -0.4 is 5.32 Å². The molecule has 1 spiro atoms. The lowest BCUT2D eigenvalue weighted by atomic mass is 9.86. The summed E-state index contributed by atoms with van der Waals surface area (Å²) < 4.78 is 5.35. The van der Waals surface area contributed by atoms with Gasteiger partial charge in [-0.1, -0.05) is 12.8 Å². The van der Waals surface area contributed by atoms with Crippen LogP contribution in [0, 0.1) is 5.41 Å². The van der Waals surface area contributed by atoms with Gasteiger partial charge in [0, 0.05) is 33.3 Å². The first-order chi connectivity index (χ1) is 8.79. The molecule has 2 aliphatic rings. The number of likely N-dealkylation sites (tertiary alicyclic amines) is 1. The van der Waals surface area contributed by atoms with Gasteiger partial charge >= 0.3 is 0 Å². The zero-order chi connectivity index (χ0) is 12.8. The van der Waals surface area contributed by atoms with Crippen molar-refractivity contribution in [1.29, 1.82) is 0 Å². The van der Waals surface area contributed by atoms with Gasteiger partial charge in [-0.15, -0.1) is 0 Å². The molecule has 0 aromatic heterocycles. The molecule has 0 radical (unpaired) electrons. The second-order valence-electron chi connectivity index (χ2n) is 5.55. The molecule has 1 aliphatic heterocycles. The van der Waals surface area contributed by atoms with Crippen LogP contribution in [-0.4, -0.2) is 50.8 Å². The van der Waals surface area contributed by atoms with E-state index in [1.807, 2.05) is 14.0 Å². The number of guanidine groups is 1. The largest absolute Gasteiger partial charge is 0.380 e. The van der Waals surface area contributed by atoms with E-state index >= 15 is 0 Å². The number of nitrogens with one attached hydrogen (secondary N) is 1. The Hall–Kier alpha value is -0.770. The highest BCUT2D eigenvalue weighted by Crippen LogP contribution is 2.45. The fraction of sp³-hybridized carbons (Fsp3) is 0.929. The van der Waals surface area contributed by atoms with Crippen LogP contribution in [0.15, 0.2) is 4.99 Å². The molecule has 2 rings (SSSR count). The van der Waals surface area contributed by atoms with Gasteiger partial charge in [-0.3, -0.25) is 4.99 Å². The first kappa shape index (κ1) is 13.7. The van der Waals surface area contributed by atoms with E-state index in [2.05, 4.69) is 15.2 Å². The molecule has 0 unspecified atom stereocenters. The van der Waals surface area contributed by atoms with Gasteiger partial charge < -0.3 is 15.0 Å². The minimum Gasteiger partial charge on any atom is -0.380 e. The Morgan fingerprint density at radius 3 is 2.78 bits per heavy atom. The average molecular weight is 253 g/mol. The van der Waals surface area contributed by atoms with E-state index in [0.29, 0.717) is 5.41 Å². The molecule has 1 N–H and O–H groups in total. The highest BCUT2D eigenvalue weighted by Gasteiger charge is 2.40. The standard InChI is InChI=1S/C14H27N3O/c1-3-18-11-9-16-13(15-2)17-10-8-14(12-17)6-4-5-7-14/h3-12H2,1-2H3,(H,15,16). The minimum absolute atomic E-state index is 0.609. The molecule has 1 heterocycles. The number of hydrogen-bond donors (Lipinski definition) is 1. The highest BCUT2D eigenvalue weighted by atomic mass is 16.5. The van der Waals surface area contributed by atoms with Crippen LogP contribution in [0.2, 0.25) is 0 Å². The first-order valence-electron chi connectivity index (χ1n) is 7.33. The number of nitrogens with zero attached hydrogens (tertiary/aromatic N) is 2. The second kappa shape index (κ2) is 6.41. The van der Waals surface area contributed by atoms with Crippen molar-refractivity contribution >= 4 is 5.96 Å². The van der Waals surface area contributed by atoms with Gasteiger partial charge in [0.1, 0.15) is 0 Å². The van der Waals surface area contributed by atoms with E-state index in [1.54, 1.807) is 0 Å². The van der Waals surface area contributed by atoms with Crippen LogP contribution in [0.3, 0.4) is 0 Å². The third-order valence-electron chi connectivity index (χ3n) is 4.35. The van der Waals surface area contributed by atoms with E-state index < -0.39 is 0 Å². The maximum absolute atomic E-state index is 5.35. The summed E-state index contributed by atoms with van der Waals surface area (Å²) in [4.78, 5) is 6.83. The summed E-state index contributed by atoms with van der Waals surface area (Å²) in [6, 6.07) is 0. The molecular weight excluding hydrogens is 226 g/mol. The Kier molecular flexibility index (Phi) is 4.87. The van der Waals surface area contributed by atoms with E-state index in [4.69, 9.17) is 4.74 Å². The monoisotopic (exact) mass is 253 g/mol. The van der Waals surface area contributed by atoms with Gasteiger partial charge in [-0.25, -0.2) is 0 Å². The molecule has 2 fully saturated rings. The van der Waals surface area contributed by atoms with Gasteiger partial charge in [0.15, 0.2) is 5.96 Å². The quantitative estimate of drug-likeness (QED) is 0.472. The van der Waals surface area contributed by atoms with Crippen LogP contribution in [0.1, 0.15) is 39.0 Å². The number of hydrogen-bond acceptors (Lipinski definition) is 2. The lowest BCUT2D eigenvalue weighted by Gasteiger charge is -2.25. The molecule has 4 heteroatoms. The van der Waals surface area contributed by atoms with Gasteiger partial charge in [0.05, 0.1) is 6.61 Å². The number of aliphatic imine (C=N–C) groups is 1. The van der Waals surface area contributed by atoms with E-state index in [1.165, 1.54) is 38.6 Å². The van der Waals surface area contributed by atoms with Crippen molar-refractivity contribution in [3.8, 4) is 0 Å². The average Bonchev–Trinajstić information content (AvgIpc) is 3.01. The molecule has 0 amide bonds. The van der Waals surface area contributed by atoms with Gasteiger partial charge in [-0.2, -0.15) is 0 Å². The highest BCUT2D eigenvalue weighted by molar-refractivity contribution is 5.80. The van der Waals surface area contributed by atoms with Crippen LogP contribution in [0.4, 0.5) is 0 Å². The third kappa shape index (κ3) is 3.16. The predicted molar refractivity (Wildman–Crippen MR) is 74.9 cm³/mol. The van der Waals surface area contributed by atoms with E-state index in [9.17, 15) is 0 Å². The van der Waals surface area contributed by atoms with E-state index in [-0.39, 0.29) is 0 Å². The molecule has 1 aliphatic carbocycles. The van der Waals surface area contributed by atoms with Gasteiger partial charge in [0.2, 0.25) is 0 Å². The fourth-order valence-corrected chi connectivity index (χ4v) is 3.36. The van der Waals surface area contributed by atoms with Crippen LogP contribution >= 0.6 is 0 Å². The number of ether oxygens (including phenoxy) is 1. The van der Waals surface area contributed by atoms with Crippen molar-refractivity contribution in [3.63, 3.8) is 0 Å². The van der Waals surface area contributed by atoms with Crippen LogP contribution in [0.25, 0.3) is 0 Å². The predicted octanol–water partition coefficient (Wildman–Crippen LogP) is 1.86. The Bertz CT molecular complexity index is 285. The maximum Gasteiger partial charge on any atom is 0.193 e. The normalized spacial score (nSPS) is 23.0. The molecule has 0 aromatic carbocycles. The summed E-state index contributed by atoms with van der Waals surface area (Å²) in [6.07, 6.45) is 7.02. The zero-order valence-electron chi connectivity index (χ0n) is 11.9. The molecule has 0 bridgehead atoms. The van der Waals surface area contributed by atoms with E-state index in [0.717, 1.165) is 32.3 Å². The third-order valence-corrected chi connectivity index (χ3v) is 4.35. The first-order valence-corrected chi connectivity index (χ1v) is 7.33. The van der Waals surface area contributed by atoms with Gasteiger partial charge in [-0.05, 0) is 31.6 Å². The molecular formula is C14H27N3O. The summed E-state index contributed by atoms with van der Waals surface area (Å²) in [6.45, 7) is 6.78. The number of rotatable bonds is 4. The fourth-order valence-electron chi connectivity index (χ4n) is 3.36. The molecule has 1 saturated carbocycles. The molecule has 0 aromatic rings. The topological polar surface area (TPSA) is 36.9 Å². The molecule has 0 atom stereocenters. The smallest absolute Gasteiger partial charge is 0.193 e. The molecule has 104 valence electrons. The summed E-state index contributed by atoms with van der Waals surface area (Å²) in [5.41, 5.74) is 0.609. The SMILES string of the molecule is CCOCCNC(=NC)N1CCC2(CCCC2)C1. The molecule has 4 nitrogen and oxygen atoms in total. The van der Waals surface area contributed by atoms with Crippen molar-refractivity contribution < 1.29 is 4.74 Å². The van der Waals surface area contributed by atoms with Crippen LogP contribution in [0.5, 0.6) is 0 Å². The van der Waals surface area contributed by atoms with Crippen LogP contribution in [-0.2, 0) is 4.74 Å². The molecule has 1 saturated heterocycles. The van der Waals surface area contributed by atoms with Crippen molar-refractivity contribution in [3.05, 3.63) is 0 Å². The van der Waals surface area contributed by atoms with Crippen molar-refractivity contribution in [2.24, 2.45) is 10.4 Å². The zero-order valence-corrected chi connectivity index (χ0v) is 11.9. The lowest BCUT2D eigenvalue weighted by Crippen LogP contribution is -2.42. The second-order valence-corrected chi connectivity index (χ2v) is 5.55. The maximum atomic E-state index is 5.35. The Balaban J connectivity index is 1.79. The Labute approximate surface area is 111 Å². The van der Waals surface area contributed by atoms with Crippen molar-refractivity contribution in [2.75, 3.05) is 39.9 Å². The Morgan fingerprint density at radius 2 is 2.11 bits per heavy atom. The van der Waals surface area contributed by atoms with Crippen molar-refractivity contribution in [1.82, 2.24) is 10.2 Å². The minimum atomic E-state index is 0.609. The summed E-state index contributed by atoms with van der Waals surface area (Å²) in [5.74, 6) is 1.05. The Morgan fingerprint density at radius 1 is 1.33 bits per heavy atom. The van der Waals surface area contributed by atoms with Crippen molar-refractivity contribution in [2.45, 2.75) is 39.0 Å². The summed E-state index contributed by atoms with van der Waals surface area (Å²) >= 11 is 0. The molecule has 18 heavy (non-hydrogen) atoms. The lowest BCUT2D eigenvalue weighted by molar-refractivity contribution is 0.152.